The van der Waals surface area contributed by atoms with Gasteiger partial charge in [-0.25, -0.2) is 9.48 Å². The van der Waals surface area contributed by atoms with E-state index in [9.17, 15) is 9.59 Å². The van der Waals surface area contributed by atoms with Gasteiger partial charge in [-0.3, -0.25) is 4.79 Å². The van der Waals surface area contributed by atoms with Crippen molar-refractivity contribution < 1.29 is 14.3 Å². The molecule has 0 saturated carbocycles. The molecule has 0 bridgehead atoms. The molecule has 47 heavy (non-hydrogen) atoms. The second-order valence-electron chi connectivity index (χ2n) is 12.5. The number of likely N-dealkylation sites (tertiary alicyclic amines) is 1. The molecule has 8 nitrogen and oxygen atoms in total. The van der Waals surface area contributed by atoms with Gasteiger partial charge in [0.1, 0.15) is 12.1 Å². The molecule has 2 aliphatic rings. The van der Waals surface area contributed by atoms with Gasteiger partial charge in [0.15, 0.2) is 0 Å². The van der Waals surface area contributed by atoms with Gasteiger partial charge in [-0.05, 0) is 71.9 Å². The zero-order valence-corrected chi connectivity index (χ0v) is 27.6. The molecule has 9 heteroatoms. The molecule has 0 N–H and O–H groups in total. The van der Waals surface area contributed by atoms with Crippen molar-refractivity contribution in [2.45, 2.75) is 64.1 Å². The number of unbranched alkanes of at least 4 members (excludes halogenated alkanes) is 1. The number of esters is 1. The molecule has 3 aromatic carbocycles. The first-order valence-electron chi connectivity index (χ1n) is 16.5. The molecular weight excluding hydrogens is 610 g/mol. The van der Waals surface area contributed by atoms with E-state index in [0.29, 0.717) is 36.1 Å². The van der Waals surface area contributed by atoms with Crippen LogP contribution in [0, 0.1) is 5.92 Å². The minimum absolute atomic E-state index is 0.0919. The van der Waals surface area contributed by atoms with Gasteiger partial charge >= 0.3 is 12.0 Å². The summed E-state index contributed by atoms with van der Waals surface area (Å²) in [5.41, 5.74) is 6.44. The van der Waals surface area contributed by atoms with Crippen LogP contribution in [0.3, 0.4) is 0 Å². The van der Waals surface area contributed by atoms with E-state index in [-0.39, 0.29) is 30.9 Å². The minimum atomic E-state index is -0.379. The summed E-state index contributed by atoms with van der Waals surface area (Å²) in [6, 6.07) is 20.1. The highest BCUT2D eigenvalue weighted by molar-refractivity contribution is 6.35. The Bertz CT molecular complexity index is 1750. The van der Waals surface area contributed by atoms with E-state index in [4.69, 9.17) is 16.3 Å². The molecule has 0 spiro atoms. The maximum absolute atomic E-state index is 13.5. The number of carbonyl (C=O) groups excluding carboxylic acids is 2. The number of hydrogen-bond donors (Lipinski definition) is 0. The van der Waals surface area contributed by atoms with Gasteiger partial charge in [0, 0.05) is 38.6 Å². The Labute approximate surface area is 281 Å². The van der Waals surface area contributed by atoms with Gasteiger partial charge in [0.2, 0.25) is 0 Å². The molecule has 0 aliphatic carbocycles. The first-order chi connectivity index (χ1) is 22.9. The molecule has 6 rings (SSSR count). The lowest BCUT2D eigenvalue weighted by Crippen LogP contribution is -2.48. The average molecular weight is 652 g/mol. The van der Waals surface area contributed by atoms with Crippen molar-refractivity contribution in [3.05, 3.63) is 119 Å². The van der Waals surface area contributed by atoms with Crippen molar-refractivity contribution >= 4 is 34.6 Å². The first-order valence-corrected chi connectivity index (χ1v) is 16.9. The smallest absolute Gasteiger partial charge is 0.320 e. The lowest BCUT2D eigenvalue weighted by atomic mass is 9.85. The topological polar surface area (TPSA) is 80.6 Å². The van der Waals surface area contributed by atoms with Crippen molar-refractivity contribution in [1.29, 1.82) is 0 Å². The molecule has 1 saturated heterocycles. The monoisotopic (exact) mass is 651 g/mol. The first kappa shape index (κ1) is 32.5. The standard InChI is InChI=1S/C38H42ClN5O3/c1-3-5-9-19-44-34-15-14-32(36(39)37(34)40-41-44)33(24-35(45)47-26-28-10-7-6-8-11-28)30-13-12-29-18-22-43(25-31(29)23-30)38(46)42-20-16-27(4-2)17-21-42/h3-4,6-8,10-15,23,27,33H,1-2,5,9,16-22,24-26H2. The van der Waals surface area contributed by atoms with Crippen molar-refractivity contribution in [1.82, 2.24) is 24.8 Å². The number of ether oxygens (including phenoxy) is 1. The number of aromatic nitrogens is 3. The molecule has 3 heterocycles. The normalized spacial score (nSPS) is 15.7. The molecule has 244 valence electrons. The average Bonchev–Trinajstić information content (AvgIpc) is 3.53. The quantitative estimate of drug-likeness (QED) is 0.0944. The zero-order valence-electron chi connectivity index (χ0n) is 26.8. The van der Waals surface area contributed by atoms with Crippen molar-refractivity contribution in [3.8, 4) is 0 Å². The number of benzene rings is 3. The summed E-state index contributed by atoms with van der Waals surface area (Å²) < 4.78 is 7.61. The molecule has 4 aromatic rings. The fraction of sp³-hybridized carbons (Fsp3) is 0.368. The molecule has 2 aliphatic heterocycles. The van der Waals surface area contributed by atoms with Crippen LogP contribution in [0.5, 0.6) is 0 Å². The summed E-state index contributed by atoms with van der Waals surface area (Å²) in [5, 5.41) is 9.27. The van der Waals surface area contributed by atoms with E-state index in [0.717, 1.165) is 73.0 Å². The molecule has 0 radical (unpaired) electrons. The Morgan fingerprint density at radius 1 is 1.00 bits per heavy atom. The Morgan fingerprint density at radius 3 is 2.57 bits per heavy atom. The number of amides is 2. The maximum Gasteiger partial charge on any atom is 0.320 e. The number of hydrogen-bond acceptors (Lipinski definition) is 5. The lowest BCUT2D eigenvalue weighted by Gasteiger charge is -2.37. The predicted molar refractivity (Wildman–Crippen MR) is 185 cm³/mol. The minimum Gasteiger partial charge on any atom is -0.461 e. The summed E-state index contributed by atoms with van der Waals surface area (Å²) in [4.78, 5) is 30.8. The number of aryl methyl sites for hydroxylation is 1. The molecule has 1 aromatic heterocycles. The van der Waals surface area contributed by atoms with Crippen LogP contribution in [0.2, 0.25) is 5.02 Å². The SMILES string of the molecule is C=CCCCn1nnc2c(Cl)c(C(CC(=O)OCc3ccccc3)c3ccc4c(c3)CN(C(=O)N3CCC(C=C)CC3)CC4)ccc21. The van der Waals surface area contributed by atoms with E-state index >= 15 is 0 Å². The zero-order chi connectivity index (χ0) is 32.8. The molecule has 1 atom stereocenters. The highest BCUT2D eigenvalue weighted by atomic mass is 35.5. The fourth-order valence-electron chi connectivity index (χ4n) is 6.69. The number of rotatable bonds is 11. The van der Waals surface area contributed by atoms with Crippen molar-refractivity contribution in [2.75, 3.05) is 19.6 Å². The Morgan fingerprint density at radius 2 is 1.81 bits per heavy atom. The molecule has 1 unspecified atom stereocenters. The number of carbonyl (C=O) groups is 2. The van der Waals surface area contributed by atoms with Gasteiger partial charge in [-0.1, -0.05) is 83.6 Å². The van der Waals surface area contributed by atoms with E-state index < -0.39 is 0 Å². The fourth-order valence-corrected chi connectivity index (χ4v) is 7.02. The lowest BCUT2D eigenvalue weighted by molar-refractivity contribution is -0.145. The van der Waals surface area contributed by atoms with Crippen LogP contribution in [0.1, 0.15) is 65.8 Å². The number of halogens is 1. The second kappa shape index (κ2) is 15.0. The van der Waals surface area contributed by atoms with Gasteiger partial charge in [0.25, 0.3) is 0 Å². The summed E-state index contributed by atoms with van der Waals surface area (Å²) >= 11 is 7.08. The van der Waals surface area contributed by atoms with Crippen LogP contribution in [-0.2, 0) is 35.6 Å². The third kappa shape index (κ3) is 7.43. The van der Waals surface area contributed by atoms with Crippen LogP contribution in [-0.4, -0.2) is 56.4 Å². The van der Waals surface area contributed by atoms with Gasteiger partial charge in [0.05, 0.1) is 17.0 Å². The van der Waals surface area contributed by atoms with E-state index in [1.165, 1.54) is 5.56 Å². The van der Waals surface area contributed by atoms with E-state index in [1.807, 2.05) is 69.1 Å². The Hall–Kier alpha value is -4.43. The summed E-state index contributed by atoms with van der Waals surface area (Å²) in [6.45, 7) is 11.4. The summed E-state index contributed by atoms with van der Waals surface area (Å²) in [5.74, 6) is -0.219. The van der Waals surface area contributed by atoms with Gasteiger partial charge in [-0.2, -0.15) is 0 Å². The van der Waals surface area contributed by atoms with Gasteiger partial charge < -0.3 is 14.5 Å². The number of allylic oxidation sites excluding steroid dienone is 2. The largest absolute Gasteiger partial charge is 0.461 e. The van der Waals surface area contributed by atoms with Gasteiger partial charge in [-0.15, -0.1) is 18.3 Å². The highest BCUT2D eigenvalue weighted by Crippen LogP contribution is 2.38. The predicted octanol–water partition coefficient (Wildman–Crippen LogP) is 7.69. The van der Waals surface area contributed by atoms with Crippen LogP contribution in [0.25, 0.3) is 11.0 Å². The molecule has 1 fully saturated rings. The number of piperidine rings is 1. The number of fused-ring (bicyclic) bond motifs is 2. The summed E-state index contributed by atoms with van der Waals surface area (Å²) in [6.07, 6.45) is 8.49. The highest BCUT2D eigenvalue weighted by Gasteiger charge is 2.30. The second-order valence-corrected chi connectivity index (χ2v) is 12.9. The molecular formula is C38H42ClN5O3. The van der Waals surface area contributed by atoms with Crippen LogP contribution in [0.4, 0.5) is 4.79 Å². The Kier molecular flexibility index (Phi) is 10.4. The van der Waals surface area contributed by atoms with Crippen molar-refractivity contribution in [3.63, 3.8) is 0 Å². The van der Waals surface area contributed by atoms with Crippen LogP contribution >= 0.6 is 11.6 Å². The van der Waals surface area contributed by atoms with Crippen LogP contribution < -0.4 is 0 Å². The Balaban J connectivity index is 1.27. The number of urea groups is 1. The van der Waals surface area contributed by atoms with Crippen molar-refractivity contribution in [2.24, 2.45) is 5.92 Å². The third-order valence-corrected chi connectivity index (χ3v) is 9.88. The maximum atomic E-state index is 13.5. The van der Waals surface area contributed by atoms with Crippen LogP contribution in [0.15, 0.2) is 86.0 Å². The van der Waals surface area contributed by atoms with E-state index in [2.05, 4.69) is 41.7 Å². The molecule has 2 amide bonds. The summed E-state index contributed by atoms with van der Waals surface area (Å²) in [7, 11) is 0. The third-order valence-electron chi connectivity index (χ3n) is 9.48. The van der Waals surface area contributed by atoms with E-state index in [1.54, 1.807) is 0 Å². The number of nitrogens with zero attached hydrogens (tertiary/aromatic N) is 5.